The third kappa shape index (κ3) is 3.28. The predicted octanol–water partition coefficient (Wildman–Crippen LogP) is -0.507. The first-order chi connectivity index (χ1) is 8.29. The Balaban J connectivity index is 1.79. The second-order valence-electron chi connectivity index (χ2n) is 4.03. The fraction of sp³-hybridized carbons (Fsp3) is 0.636. The van der Waals surface area contributed by atoms with E-state index in [4.69, 9.17) is 9.84 Å². The first-order valence-electron chi connectivity index (χ1n) is 5.77. The minimum atomic E-state index is -0.239. The molecule has 2 rings (SSSR count). The summed E-state index contributed by atoms with van der Waals surface area (Å²) in [5, 5.41) is 13.0. The van der Waals surface area contributed by atoms with E-state index in [1.54, 1.807) is 15.8 Å². The van der Waals surface area contributed by atoms with Gasteiger partial charge in [-0.2, -0.15) is 5.10 Å². The molecule has 6 nitrogen and oxygen atoms in total. The summed E-state index contributed by atoms with van der Waals surface area (Å²) in [5.74, 6) is 0.0854. The molecule has 0 aliphatic carbocycles. The SMILES string of the molecule is O=C(CCn1cccn1)N1CCOC(CO)C1. The maximum atomic E-state index is 11.9. The van der Waals surface area contributed by atoms with Crippen LogP contribution in [0, 0.1) is 0 Å². The van der Waals surface area contributed by atoms with E-state index in [-0.39, 0.29) is 18.6 Å². The number of rotatable bonds is 4. The van der Waals surface area contributed by atoms with Crippen molar-refractivity contribution in [2.24, 2.45) is 0 Å². The molecule has 0 aromatic carbocycles. The number of hydrogen-bond donors (Lipinski definition) is 1. The molecule has 1 aromatic rings. The lowest BCUT2D eigenvalue weighted by Crippen LogP contribution is -2.47. The summed E-state index contributed by atoms with van der Waals surface area (Å²) in [5.41, 5.74) is 0. The highest BCUT2D eigenvalue weighted by molar-refractivity contribution is 5.76. The van der Waals surface area contributed by atoms with Crippen LogP contribution in [0.5, 0.6) is 0 Å². The summed E-state index contributed by atoms with van der Waals surface area (Å²) in [6, 6.07) is 1.83. The maximum Gasteiger partial charge on any atom is 0.224 e. The van der Waals surface area contributed by atoms with Crippen LogP contribution in [0.1, 0.15) is 6.42 Å². The van der Waals surface area contributed by atoms with E-state index in [2.05, 4.69) is 5.10 Å². The fourth-order valence-electron chi connectivity index (χ4n) is 1.86. The topological polar surface area (TPSA) is 67.6 Å². The number of amides is 1. The smallest absolute Gasteiger partial charge is 0.224 e. The van der Waals surface area contributed by atoms with Gasteiger partial charge in [0.25, 0.3) is 0 Å². The number of morpholine rings is 1. The molecule has 0 bridgehead atoms. The quantitative estimate of drug-likeness (QED) is 0.768. The van der Waals surface area contributed by atoms with Gasteiger partial charge in [-0.1, -0.05) is 0 Å². The summed E-state index contributed by atoms with van der Waals surface area (Å²) in [6.45, 7) is 2.14. The molecule has 2 heterocycles. The zero-order chi connectivity index (χ0) is 12.1. The monoisotopic (exact) mass is 239 g/mol. The average Bonchev–Trinajstić information content (AvgIpc) is 2.89. The standard InChI is InChI=1S/C11H17N3O3/c15-9-10-8-13(6-7-17-10)11(16)2-5-14-4-1-3-12-14/h1,3-4,10,15H,2,5-9H2. The number of nitrogens with zero attached hydrogens (tertiary/aromatic N) is 3. The Morgan fingerprint density at radius 1 is 1.59 bits per heavy atom. The van der Waals surface area contributed by atoms with Gasteiger partial charge in [0.2, 0.25) is 5.91 Å². The molecular formula is C11H17N3O3. The van der Waals surface area contributed by atoms with E-state index >= 15 is 0 Å². The van der Waals surface area contributed by atoms with Gasteiger partial charge in [0.1, 0.15) is 0 Å². The van der Waals surface area contributed by atoms with Gasteiger partial charge in [0.15, 0.2) is 0 Å². The molecule has 1 amide bonds. The van der Waals surface area contributed by atoms with Gasteiger partial charge in [-0.3, -0.25) is 9.48 Å². The molecule has 6 heteroatoms. The molecule has 1 N–H and O–H groups in total. The van der Waals surface area contributed by atoms with Gasteiger partial charge in [-0.05, 0) is 6.07 Å². The summed E-state index contributed by atoms with van der Waals surface area (Å²) < 4.78 is 7.03. The first-order valence-corrected chi connectivity index (χ1v) is 5.77. The Labute approximate surface area is 99.8 Å². The molecule has 1 unspecified atom stereocenters. The van der Waals surface area contributed by atoms with Crippen LogP contribution < -0.4 is 0 Å². The predicted molar refractivity (Wildman–Crippen MR) is 60.2 cm³/mol. The zero-order valence-corrected chi connectivity index (χ0v) is 9.66. The van der Waals surface area contributed by atoms with E-state index in [9.17, 15) is 4.79 Å². The van der Waals surface area contributed by atoms with Crippen LogP contribution in [-0.2, 0) is 16.1 Å². The number of aliphatic hydroxyl groups excluding tert-OH is 1. The highest BCUT2D eigenvalue weighted by Crippen LogP contribution is 2.06. The number of carbonyl (C=O) groups excluding carboxylic acids is 1. The van der Waals surface area contributed by atoms with Crippen LogP contribution in [0.2, 0.25) is 0 Å². The molecule has 1 aromatic heterocycles. The molecule has 0 radical (unpaired) electrons. The zero-order valence-electron chi connectivity index (χ0n) is 9.66. The second kappa shape index (κ2) is 5.79. The molecule has 17 heavy (non-hydrogen) atoms. The summed E-state index contributed by atoms with van der Waals surface area (Å²) >= 11 is 0. The van der Waals surface area contributed by atoms with E-state index in [1.807, 2.05) is 12.3 Å². The molecule has 0 saturated carbocycles. The van der Waals surface area contributed by atoms with Crippen molar-refractivity contribution in [3.8, 4) is 0 Å². The van der Waals surface area contributed by atoms with Gasteiger partial charge in [-0.25, -0.2) is 0 Å². The molecule has 1 atom stereocenters. The summed E-state index contributed by atoms with van der Waals surface area (Å²) in [4.78, 5) is 13.6. The van der Waals surface area contributed by atoms with Crippen LogP contribution in [0.4, 0.5) is 0 Å². The lowest BCUT2D eigenvalue weighted by molar-refractivity contribution is -0.140. The summed E-state index contributed by atoms with van der Waals surface area (Å²) in [7, 11) is 0. The number of carbonyl (C=O) groups is 1. The molecule has 94 valence electrons. The highest BCUT2D eigenvalue weighted by Gasteiger charge is 2.23. The van der Waals surface area contributed by atoms with Crippen LogP contribution in [0.25, 0.3) is 0 Å². The number of aromatic nitrogens is 2. The van der Waals surface area contributed by atoms with Gasteiger partial charge in [0.05, 0.1) is 19.3 Å². The lowest BCUT2D eigenvalue weighted by atomic mass is 10.2. The maximum absolute atomic E-state index is 11.9. The minimum Gasteiger partial charge on any atom is -0.394 e. The molecule has 1 fully saturated rings. The number of hydrogen-bond acceptors (Lipinski definition) is 4. The Kier molecular flexibility index (Phi) is 4.11. The third-order valence-electron chi connectivity index (χ3n) is 2.81. The van der Waals surface area contributed by atoms with Crippen molar-refractivity contribution in [2.75, 3.05) is 26.3 Å². The number of ether oxygens (including phenoxy) is 1. The summed E-state index contributed by atoms with van der Waals surface area (Å²) in [6.07, 6.45) is 3.72. The first kappa shape index (κ1) is 12.1. The molecular weight excluding hydrogens is 222 g/mol. The Morgan fingerprint density at radius 3 is 3.18 bits per heavy atom. The van der Waals surface area contributed by atoms with Crippen LogP contribution in [-0.4, -0.2) is 58.1 Å². The lowest BCUT2D eigenvalue weighted by Gasteiger charge is -2.32. The van der Waals surface area contributed by atoms with Crippen molar-refractivity contribution in [1.82, 2.24) is 14.7 Å². The van der Waals surface area contributed by atoms with Gasteiger partial charge in [0, 0.05) is 38.4 Å². The molecule has 1 aliphatic rings. The largest absolute Gasteiger partial charge is 0.394 e. The van der Waals surface area contributed by atoms with E-state index in [1.165, 1.54) is 0 Å². The van der Waals surface area contributed by atoms with Gasteiger partial charge < -0.3 is 14.7 Å². The van der Waals surface area contributed by atoms with Crippen LogP contribution >= 0.6 is 0 Å². The van der Waals surface area contributed by atoms with Gasteiger partial charge >= 0.3 is 0 Å². The Bertz CT molecular complexity index is 353. The molecule has 1 saturated heterocycles. The van der Waals surface area contributed by atoms with Crippen molar-refractivity contribution in [1.29, 1.82) is 0 Å². The Morgan fingerprint density at radius 2 is 2.47 bits per heavy atom. The van der Waals surface area contributed by atoms with Crippen LogP contribution in [0.15, 0.2) is 18.5 Å². The highest BCUT2D eigenvalue weighted by atomic mass is 16.5. The minimum absolute atomic E-state index is 0.0388. The normalized spacial score (nSPS) is 20.5. The van der Waals surface area contributed by atoms with Crippen molar-refractivity contribution < 1.29 is 14.6 Å². The molecule has 0 spiro atoms. The Hall–Kier alpha value is -1.40. The molecule has 1 aliphatic heterocycles. The van der Waals surface area contributed by atoms with Crippen LogP contribution in [0.3, 0.4) is 0 Å². The number of aryl methyl sites for hydroxylation is 1. The van der Waals surface area contributed by atoms with E-state index in [0.717, 1.165) is 0 Å². The second-order valence-corrected chi connectivity index (χ2v) is 4.03. The van der Waals surface area contributed by atoms with Crippen molar-refractivity contribution >= 4 is 5.91 Å². The average molecular weight is 239 g/mol. The van der Waals surface area contributed by atoms with Crippen molar-refractivity contribution in [3.63, 3.8) is 0 Å². The van der Waals surface area contributed by atoms with Crippen molar-refractivity contribution in [2.45, 2.75) is 19.1 Å². The van der Waals surface area contributed by atoms with Crippen molar-refractivity contribution in [3.05, 3.63) is 18.5 Å². The number of aliphatic hydroxyl groups is 1. The van der Waals surface area contributed by atoms with E-state index in [0.29, 0.717) is 32.7 Å². The third-order valence-corrected chi connectivity index (χ3v) is 2.81. The van der Waals surface area contributed by atoms with Gasteiger partial charge in [-0.15, -0.1) is 0 Å². The fourth-order valence-corrected chi connectivity index (χ4v) is 1.86. The van der Waals surface area contributed by atoms with E-state index < -0.39 is 0 Å².